The number of oxazole rings is 1. The Hall–Kier alpha value is -4.25. The van der Waals surface area contributed by atoms with Crippen LogP contribution in [0.15, 0.2) is 53.5 Å². The Morgan fingerprint density at radius 3 is 2.84 bits per heavy atom. The van der Waals surface area contributed by atoms with Crippen molar-refractivity contribution in [3.05, 3.63) is 77.7 Å². The van der Waals surface area contributed by atoms with Crippen LogP contribution in [-0.4, -0.2) is 80.0 Å². The number of piperazine rings is 1. The van der Waals surface area contributed by atoms with Gasteiger partial charge in [0.2, 0.25) is 5.89 Å². The van der Waals surface area contributed by atoms with Crippen LogP contribution in [-0.2, 0) is 6.42 Å². The first-order valence-electron chi connectivity index (χ1n) is 12.4. The Balaban J connectivity index is 1.26. The van der Waals surface area contributed by atoms with Gasteiger partial charge in [0.15, 0.2) is 17.4 Å². The van der Waals surface area contributed by atoms with Crippen LogP contribution < -0.4 is 4.90 Å². The lowest BCUT2D eigenvalue weighted by Gasteiger charge is -2.34. The van der Waals surface area contributed by atoms with E-state index in [1.807, 2.05) is 18.3 Å². The third-order valence-electron chi connectivity index (χ3n) is 7.40. The maximum atomic E-state index is 14.4. The smallest absolute Gasteiger partial charge is 0.258 e. The molecule has 37 heavy (non-hydrogen) atoms. The second-order valence-electron chi connectivity index (χ2n) is 9.62. The lowest BCUT2D eigenvalue weighted by molar-refractivity contribution is 0.0669. The molecule has 5 aromatic rings. The second-order valence-corrected chi connectivity index (χ2v) is 9.62. The van der Waals surface area contributed by atoms with Gasteiger partial charge < -0.3 is 24.1 Å². The molecule has 0 spiro atoms. The summed E-state index contributed by atoms with van der Waals surface area (Å²) in [6, 6.07) is 7.91. The Kier molecular flexibility index (Phi) is 5.00. The highest BCUT2D eigenvalue weighted by atomic mass is 19.1. The van der Waals surface area contributed by atoms with E-state index in [1.165, 1.54) is 6.07 Å². The fraction of sp³-hybridized carbons (Fsp3) is 0.308. The minimum absolute atomic E-state index is 0.0694. The number of imidazole rings is 1. The molecule has 0 aliphatic carbocycles. The molecule has 1 saturated heterocycles. The van der Waals surface area contributed by atoms with Crippen molar-refractivity contribution < 1.29 is 13.6 Å². The van der Waals surface area contributed by atoms with Gasteiger partial charge in [-0.25, -0.2) is 18.9 Å². The molecule has 4 aromatic heterocycles. The highest BCUT2D eigenvalue weighted by Gasteiger charge is 2.38. The van der Waals surface area contributed by atoms with E-state index in [-0.39, 0.29) is 17.4 Å². The van der Waals surface area contributed by atoms with Gasteiger partial charge in [-0.05, 0) is 31.3 Å². The summed E-state index contributed by atoms with van der Waals surface area (Å²) in [6.07, 6.45) is 5.79. The van der Waals surface area contributed by atoms with E-state index in [1.54, 1.807) is 34.1 Å². The summed E-state index contributed by atoms with van der Waals surface area (Å²) in [6.45, 7) is 4.33. The third-order valence-corrected chi connectivity index (χ3v) is 7.40. The zero-order chi connectivity index (χ0) is 25.1. The maximum absolute atomic E-state index is 14.4. The number of hydrogen-bond donors (Lipinski definition) is 1. The van der Waals surface area contributed by atoms with Crippen molar-refractivity contribution in [3.8, 4) is 0 Å². The lowest BCUT2D eigenvalue weighted by Crippen LogP contribution is -2.44. The molecule has 0 saturated carbocycles. The number of benzene rings is 1. The van der Waals surface area contributed by atoms with Gasteiger partial charge in [0.05, 0.1) is 41.2 Å². The van der Waals surface area contributed by atoms with Gasteiger partial charge in [0.1, 0.15) is 5.52 Å². The van der Waals surface area contributed by atoms with Crippen molar-refractivity contribution in [2.45, 2.75) is 12.5 Å². The van der Waals surface area contributed by atoms with Crippen molar-refractivity contribution in [1.29, 1.82) is 0 Å². The van der Waals surface area contributed by atoms with Gasteiger partial charge in [0, 0.05) is 44.8 Å². The number of nitrogens with one attached hydrogen (secondary N) is 1. The number of nitrogens with zero attached hydrogens (tertiary/aromatic N) is 7. The first-order valence-corrected chi connectivity index (χ1v) is 12.4. The van der Waals surface area contributed by atoms with Crippen LogP contribution in [0, 0.1) is 5.82 Å². The van der Waals surface area contributed by atoms with Gasteiger partial charge in [-0.2, -0.15) is 5.10 Å². The molecule has 1 atom stereocenters. The summed E-state index contributed by atoms with van der Waals surface area (Å²) in [5.41, 5.74) is 4.31. The molecular formula is C26H25FN8O2. The predicted octanol–water partition coefficient (Wildman–Crippen LogP) is 2.88. The zero-order valence-corrected chi connectivity index (χ0v) is 20.3. The van der Waals surface area contributed by atoms with E-state index < -0.39 is 11.9 Å². The molecule has 0 radical (unpaired) electrons. The van der Waals surface area contributed by atoms with Gasteiger partial charge >= 0.3 is 0 Å². The number of fused-ring (bicyclic) bond motifs is 3. The number of anilines is 1. The Bertz CT molecular complexity index is 1630. The minimum atomic E-state index is -0.686. The molecule has 11 heteroatoms. The Morgan fingerprint density at radius 1 is 1.14 bits per heavy atom. The largest absolute Gasteiger partial charge is 0.435 e. The minimum Gasteiger partial charge on any atom is -0.435 e. The summed E-state index contributed by atoms with van der Waals surface area (Å²) in [4.78, 5) is 32.5. The van der Waals surface area contributed by atoms with E-state index in [9.17, 15) is 9.18 Å². The molecule has 1 aromatic carbocycles. The van der Waals surface area contributed by atoms with Gasteiger partial charge in [-0.1, -0.05) is 6.07 Å². The number of carbonyl (C=O) groups excluding carboxylic acids is 1. The second kappa shape index (κ2) is 8.41. The summed E-state index contributed by atoms with van der Waals surface area (Å²) >= 11 is 0. The lowest BCUT2D eigenvalue weighted by atomic mass is 10.0. The SMILES string of the molecule is CN1CCN(c2ccc3c(C(=O)N4CCc5[nH]cnc5[C@H]4c4nc5cccc(F)c5o4)cnn3c2)CC1. The maximum Gasteiger partial charge on any atom is 0.258 e. The number of aromatic nitrogens is 5. The summed E-state index contributed by atoms with van der Waals surface area (Å²) in [5, 5.41) is 4.51. The van der Waals surface area contributed by atoms with E-state index in [0.29, 0.717) is 29.7 Å². The van der Waals surface area contributed by atoms with E-state index in [2.05, 4.69) is 36.9 Å². The number of hydrogen-bond acceptors (Lipinski definition) is 7. The molecule has 188 valence electrons. The topological polar surface area (TPSA) is 98.8 Å². The molecule has 10 nitrogen and oxygen atoms in total. The Morgan fingerprint density at radius 2 is 2.00 bits per heavy atom. The highest BCUT2D eigenvalue weighted by Crippen LogP contribution is 2.36. The van der Waals surface area contributed by atoms with Crippen molar-refractivity contribution in [3.63, 3.8) is 0 Å². The van der Waals surface area contributed by atoms with Crippen molar-refractivity contribution in [2.24, 2.45) is 0 Å². The van der Waals surface area contributed by atoms with Crippen LogP contribution in [0.4, 0.5) is 10.1 Å². The van der Waals surface area contributed by atoms with Crippen LogP contribution in [0.25, 0.3) is 16.6 Å². The van der Waals surface area contributed by atoms with Crippen LogP contribution >= 0.6 is 0 Å². The molecule has 0 bridgehead atoms. The average Bonchev–Trinajstić information content (AvgIpc) is 3.66. The van der Waals surface area contributed by atoms with Crippen LogP contribution in [0.3, 0.4) is 0 Å². The molecule has 1 N–H and O–H groups in total. The average molecular weight is 501 g/mol. The van der Waals surface area contributed by atoms with Gasteiger partial charge in [-0.15, -0.1) is 0 Å². The van der Waals surface area contributed by atoms with Gasteiger partial charge in [-0.3, -0.25) is 4.79 Å². The molecule has 1 amide bonds. The van der Waals surface area contributed by atoms with E-state index >= 15 is 0 Å². The number of rotatable bonds is 3. The number of halogens is 1. The van der Waals surface area contributed by atoms with Crippen molar-refractivity contribution in [1.82, 2.24) is 34.4 Å². The first kappa shape index (κ1) is 22.0. The number of pyridine rings is 1. The molecule has 7 rings (SSSR count). The number of carbonyl (C=O) groups is 1. The highest BCUT2D eigenvalue weighted by molar-refractivity contribution is 6.01. The number of aromatic amines is 1. The van der Waals surface area contributed by atoms with E-state index in [0.717, 1.165) is 43.1 Å². The number of amides is 1. The number of H-pyrrole nitrogens is 1. The van der Waals surface area contributed by atoms with Crippen LogP contribution in [0.5, 0.6) is 0 Å². The molecule has 2 aliphatic heterocycles. The summed E-state index contributed by atoms with van der Waals surface area (Å²) < 4.78 is 22.0. The fourth-order valence-electron chi connectivity index (χ4n) is 5.34. The predicted molar refractivity (Wildman–Crippen MR) is 134 cm³/mol. The summed E-state index contributed by atoms with van der Waals surface area (Å²) in [7, 11) is 2.13. The zero-order valence-electron chi connectivity index (χ0n) is 20.3. The van der Waals surface area contributed by atoms with Crippen LogP contribution in [0.2, 0.25) is 0 Å². The molecule has 1 fully saturated rings. The van der Waals surface area contributed by atoms with Crippen molar-refractivity contribution in [2.75, 3.05) is 44.7 Å². The van der Waals surface area contributed by atoms with Crippen LogP contribution in [0.1, 0.15) is 33.7 Å². The molecule has 0 unspecified atom stereocenters. The standard InChI is InChI=1S/C26H25FN8O2/c1-32-9-11-33(12-10-32)16-5-6-21-17(13-30-35(21)14-16)26(36)34-8-7-19-22(29-15-28-19)23(34)25-31-20-4-2-3-18(27)24(20)37-25/h2-6,13-15,23H,7-12H2,1H3,(H,28,29)/t23-/m0/s1. The fourth-order valence-corrected chi connectivity index (χ4v) is 5.34. The summed E-state index contributed by atoms with van der Waals surface area (Å²) in [5.74, 6) is -0.468. The molecular weight excluding hydrogens is 475 g/mol. The number of para-hydroxylation sites is 1. The molecule has 2 aliphatic rings. The van der Waals surface area contributed by atoms with Crippen molar-refractivity contribution >= 4 is 28.2 Å². The Labute approximate surface area is 211 Å². The normalized spacial score (nSPS) is 18.6. The quantitative estimate of drug-likeness (QED) is 0.407. The third kappa shape index (κ3) is 3.57. The molecule has 6 heterocycles. The van der Waals surface area contributed by atoms with Gasteiger partial charge in [0.25, 0.3) is 5.91 Å². The van der Waals surface area contributed by atoms with E-state index in [4.69, 9.17) is 4.42 Å². The monoisotopic (exact) mass is 500 g/mol. The number of likely N-dealkylation sites (N-methyl/N-ethyl adjacent to an activating group) is 1. The first-order chi connectivity index (χ1) is 18.1.